The minimum atomic E-state index is 0.391. The van der Waals surface area contributed by atoms with E-state index >= 15 is 0 Å². The van der Waals surface area contributed by atoms with Crippen LogP contribution in [0.25, 0.3) is 0 Å². The summed E-state index contributed by atoms with van der Waals surface area (Å²) in [6.07, 6.45) is 7.35. The minimum Gasteiger partial charge on any atom is -0.313 e. The Kier molecular flexibility index (Phi) is 5.67. The zero-order valence-corrected chi connectivity index (χ0v) is 10.2. The second-order valence-electron chi connectivity index (χ2n) is 4.00. The van der Waals surface area contributed by atoms with Crippen LogP contribution >= 0.6 is 0 Å². The van der Waals surface area contributed by atoms with Gasteiger partial charge in [0.2, 0.25) is 0 Å². The minimum absolute atomic E-state index is 0.391. The second-order valence-corrected chi connectivity index (χ2v) is 4.00. The lowest BCUT2D eigenvalue weighted by Crippen LogP contribution is -2.34. The quantitative estimate of drug-likeness (QED) is 0.719. The Morgan fingerprint density at radius 3 is 2.44 bits per heavy atom. The van der Waals surface area contributed by atoms with Gasteiger partial charge in [-0.15, -0.1) is 12.3 Å². The molecule has 1 nitrogen and oxygen atoms in total. The lowest BCUT2D eigenvalue weighted by Gasteiger charge is -2.26. The maximum atomic E-state index is 5.44. The zero-order chi connectivity index (χ0) is 11.8. The highest BCUT2D eigenvalue weighted by Crippen LogP contribution is 2.24. The van der Waals surface area contributed by atoms with Gasteiger partial charge in [0.1, 0.15) is 0 Å². The summed E-state index contributed by atoms with van der Waals surface area (Å²) in [6.45, 7) is 5.31. The average molecular weight is 215 g/mol. The Bertz CT molecular complexity index is 323. The smallest absolute Gasteiger partial charge is 0.0246 e. The molecular formula is C15H21N. The van der Waals surface area contributed by atoms with Crippen molar-refractivity contribution in [2.75, 3.05) is 6.54 Å². The molecule has 0 heterocycles. The molecule has 0 saturated carbocycles. The van der Waals surface area contributed by atoms with Crippen molar-refractivity contribution >= 4 is 0 Å². The van der Waals surface area contributed by atoms with Gasteiger partial charge in [0.25, 0.3) is 0 Å². The predicted molar refractivity (Wildman–Crippen MR) is 70.4 cm³/mol. The van der Waals surface area contributed by atoms with Gasteiger partial charge in [-0.05, 0) is 24.4 Å². The van der Waals surface area contributed by atoms with Gasteiger partial charge in [0.05, 0.1) is 0 Å². The molecule has 0 aromatic heterocycles. The van der Waals surface area contributed by atoms with Gasteiger partial charge in [-0.3, -0.25) is 0 Å². The number of terminal acetylenes is 1. The lowest BCUT2D eigenvalue weighted by atomic mass is 9.87. The third-order valence-corrected chi connectivity index (χ3v) is 2.96. The summed E-state index contributed by atoms with van der Waals surface area (Å²) in [6, 6.07) is 11.0. The number of hydrogen-bond acceptors (Lipinski definition) is 1. The van der Waals surface area contributed by atoms with Crippen LogP contribution in [0.15, 0.2) is 30.3 Å². The third kappa shape index (κ3) is 3.40. The fraction of sp³-hybridized carbons (Fsp3) is 0.467. The largest absolute Gasteiger partial charge is 0.313 e. The molecule has 0 amide bonds. The van der Waals surface area contributed by atoms with Gasteiger partial charge in [-0.2, -0.15) is 0 Å². The van der Waals surface area contributed by atoms with Crippen LogP contribution in [0.5, 0.6) is 0 Å². The zero-order valence-electron chi connectivity index (χ0n) is 10.2. The molecule has 1 N–H and O–H groups in total. The van der Waals surface area contributed by atoms with Crippen molar-refractivity contribution < 1.29 is 0 Å². The number of rotatable bonds is 6. The molecule has 0 saturated heterocycles. The van der Waals surface area contributed by atoms with E-state index in [1.165, 1.54) is 5.56 Å². The van der Waals surface area contributed by atoms with Crippen molar-refractivity contribution in [1.29, 1.82) is 0 Å². The molecule has 0 fully saturated rings. The van der Waals surface area contributed by atoms with Crippen molar-refractivity contribution in [3.8, 4) is 12.3 Å². The van der Waals surface area contributed by atoms with Crippen molar-refractivity contribution in [2.45, 2.75) is 38.6 Å². The maximum Gasteiger partial charge on any atom is 0.0246 e. The van der Waals surface area contributed by atoms with Crippen LogP contribution in [0.4, 0.5) is 0 Å². The fourth-order valence-electron chi connectivity index (χ4n) is 2.20. The Morgan fingerprint density at radius 1 is 1.25 bits per heavy atom. The first-order valence-corrected chi connectivity index (χ1v) is 6.05. The van der Waals surface area contributed by atoms with Gasteiger partial charge >= 0.3 is 0 Å². The molecule has 86 valence electrons. The van der Waals surface area contributed by atoms with Gasteiger partial charge in [0, 0.05) is 12.5 Å². The second kappa shape index (κ2) is 7.09. The molecule has 0 bridgehead atoms. The molecule has 1 aromatic rings. The Morgan fingerprint density at radius 2 is 1.94 bits per heavy atom. The monoisotopic (exact) mass is 215 g/mol. The summed E-state index contributed by atoms with van der Waals surface area (Å²) in [5, 5.41) is 3.49. The number of nitrogens with one attached hydrogen (secondary N) is 1. The van der Waals surface area contributed by atoms with E-state index in [0.717, 1.165) is 19.4 Å². The van der Waals surface area contributed by atoms with Crippen molar-refractivity contribution in [3.63, 3.8) is 0 Å². The third-order valence-electron chi connectivity index (χ3n) is 2.96. The van der Waals surface area contributed by atoms with Crippen LogP contribution < -0.4 is 5.32 Å². The molecule has 0 spiro atoms. The molecule has 0 radical (unpaired) electrons. The van der Waals surface area contributed by atoms with Crippen LogP contribution in [-0.2, 0) is 0 Å². The first kappa shape index (κ1) is 12.8. The van der Waals surface area contributed by atoms with Crippen LogP contribution in [0.2, 0.25) is 0 Å². The highest BCUT2D eigenvalue weighted by molar-refractivity contribution is 5.21. The molecule has 0 aliphatic carbocycles. The van der Waals surface area contributed by atoms with E-state index in [4.69, 9.17) is 6.42 Å². The molecule has 1 heteroatoms. The van der Waals surface area contributed by atoms with Gasteiger partial charge in [-0.25, -0.2) is 0 Å². The highest BCUT2D eigenvalue weighted by atomic mass is 14.9. The lowest BCUT2D eigenvalue weighted by molar-refractivity contribution is 0.438. The van der Waals surface area contributed by atoms with E-state index < -0.39 is 0 Å². The molecule has 0 aliphatic heterocycles. The Labute approximate surface area is 99.3 Å². The molecular weight excluding hydrogens is 194 g/mol. The summed E-state index contributed by atoms with van der Waals surface area (Å²) in [5.74, 6) is 3.29. The van der Waals surface area contributed by atoms with Crippen LogP contribution in [0.1, 0.15) is 38.2 Å². The van der Waals surface area contributed by atoms with Crippen molar-refractivity contribution in [2.24, 2.45) is 0 Å². The summed E-state index contributed by atoms with van der Waals surface area (Å²) in [5.41, 5.74) is 1.38. The molecule has 16 heavy (non-hydrogen) atoms. The SMILES string of the molecule is C#CCC(NCC)C(CC)c1ccccc1. The topological polar surface area (TPSA) is 12.0 Å². The van der Waals surface area contributed by atoms with Crippen molar-refractivity contribution in [3.05, 3.63) is 35.9 Å². The first-order valence-electron chi connectivity index (χ1n) is 6.05. The normalized spacial score (nSPS) is 14.1. The summed E-state index contributed by atoms with van der Waals surface area (Å²) >= 11 is 0. The maximum absolute atomic E-state index is 5.44. The molecule has 0 aliphatic rings. The van der Waals surface area contributed by atoms with Crippen molar-refractivity contribution in [1.82, 2.24) is 5.32 Å². The number of benzene rings is 1. The average Bonchev–Trinajstić information content (AvgIpc) is 2.32. The number of hydrogen-bond donors (Lipinski definition) is 1. The fourth-order valence-corrected chi connectivity index (χ4v) is 2.20. The standard InChI is InChI=1S/C15H21N/c1-4-10-15(16-6-3)14(5-2)13-11-8-7-9-12-13/h1,7-9,11-12,14-16H,5-6,10H2,2-3H3. The van der Waals surface area contributed by atoms with E-state index in [1.54, 1.807) is 0 Å². The van der Waals surface area contributed by atoms with Gasteiger partial charge < -0.3 is 5.32 Å². The van der Waals surface area contributed by atoms with Crippen LogP contribution in [0.3, 0.4) is 0 Å². The van der Waals surface area contributed by atoms with Gasteiger partial charge in [0.15, 0.2) is 0 Å². The molecule has 2 unspecified atom stereocenters. The van der Waals surface area contributed by atoms with E-state index in [1.807, 2.05) is 0 Å². The molecule has 1 rings (SSSR count). The summed E-state index contributed by atoms with van der Waals surface area (Å²) in [4.78, 5) is 0. The number of likely N-dealkylation sites (N-methyl/N-ethyl adjacent to an activating group) is 1. The van der Waals surface area contributed by atoms with E-state index in [0.29, 0.717) is 12.0 Å². The predicted octanol–water partition coefficient (Wildman–Crippen LogP) is 3.18. The Hall–Kier alpha value is -1.26. The molecule has 1 aromatic carbocycles. The van der Waals surface area contributed by atoms with Crippen LogP contribution in [-0.4, -0.2) is 12.6 Å². The van der Waals surface area contributed by atoms with E-state index in [2.05, 4.69) is 55.4 Å². The summed E-state index contributed by atoms with van der Waals surface area (Å²) in [7, 11) is 0. The van der Waals surface area contributed by atoms with E-state index in [-0.39, 0.29) is 0 Å². The highest BCUT2D eigenvalue weighted by Gasteiger charge is 2.19. The first-order chi connectivity index (χ1) is 7.83. The van der Waals surface area contributed by atoms with Gasteiger partial charge in [-0.1, -0.05) is 44.2 Å². The van der Waals surface area contributed by atoms with Crippen LogP contribution in [0, 0.1) is 12.3 Å². The van der Waals surface area contributed by atoms with E-state index in [9.17, 15) is 0 Å². The Balaban J connectivity index is 2.82. The molecule has 2 atom stereocenters. The summed E-state index contributed by atoms with van der Waals surface area (Å²) < 4.78 is 0.